The normalized spacial score (nSPS) is 22.2. The van der Waals surface area contributed by atoms with E-state index in [-0.39, 0.29) is 12.1 Å². The van der Waals surface area contributed by atoms with E-state index in [2.05, 4.69) is 5.32 Å². The van der Waals surface area contributed by atoms with Crippen molar-refractivity contribution in [1.82, 2.24) is 5.32 Å². The minimum atomic E-state index is -5.88. The van der Waals surface area contributed by atoms with E-state index in [1.807, 2.05) is 18.7 Å². The summed E-state index contributed by atoms with van der Waals surface area (Å²) in [7, 11) is 0. The van der Waals surface area contributed by atoms with Crippen LogP contribution < -0.4 is 10.2 Å². The van der Waals surface area contributed by atoms with Gasteiger partial charge < -0.3 is 15.3 Å². The molecule has 0 saturated carbocycles. The second-order valence-electron chi connectivity index (χ2n) is 7.11. The van der Waals surface area contributed by atoms with Gasteiger partial charge in [-0.25, -0.2) is 0 Å². The van der Waals surface area contributed by atoms with Crippen LogP contribution >= 0.6 is 0 Å². The quantitative estimate of drug-likeness (QED) is 0.749. The Morgan fingerprint density at radius 2 is 1.70 bits per heavy atom. The minimum absolute atomic E-state index is 0.0340. The maximum atomic E-state index is 13.2. The van der Waals surface area contributed by atoms with Gasteiger partial charge >= 0.3 is 12.4 Å². The fourth-order valence-corrected chi connectivity index (χ4v) is 3.41. The monoisotopic (exact) mass is 398 g/mol. The number of anilines is 1. The molecule has 0 amide bonds. The molecule has 2 rings (SSSR count). The highest BCUT2D eigenvalue weighted by Gasteiger charge is 2.71. The Morgan fingerprint density at radius 1 is 1.11 bits per heavy atom. The van der Waals surface area contributed by atoms with Gasteiger partial charge in [0.05, 0.1) is 0 Å². The van der Waals surface area contributed by atoms with Crippen LogP contribution in [0.5, 0.6) is 0 Å². The summed E-state index contributed by atoms with van der Waals surface area (Å²) in [5.41, 5.74) is -5.13. The number of nitrogens with one attached hydrogen (secondary N) is 1. The zero-order valence-electron chi connectivity index (χ0n) is 15.4. The molecule has 0 radical (unpaired) electrons. The molecule has 27 heavy (non-hydrogen) atoms. The van der Waals surface area contributed by atoms with Crippen molar-refractivity contribution in [2.45, 2.75) is 63.7 Å². The molecule has 2 N–H and O–H groups in total. The molecule has 1 aliphatic rings. The van der Waals surface area contributed by atoms with Crippen molar-refractivity contribution < 1.29 is 31.4 Å². The van der Waals surface area contributed by atoms with E-state index in [1.54, 1.807) is 6.92 Å². The van der Waals surface area contributed by atoms with Gasteiger partial charge in [0.15, 0.2) is 0 Å². The molecule has 0 aromatic heterocycles. The van der Waals surface area contributed by atoms with Crippen LogP contribution in [0.4, 0.5) is 32.0 Å². The number of aryl methyl sites for hydroxylation is 1. The molecule has 1 aromatic carbocycles. The predicted molar refractivity (Wildman–Crippen MR) is 90.7 cm³/mol. The Hall–Kier alpha value is -1.48. The Labute approximate surface area is 154 Å². The zero-order chi connectivity index (χ0) is 20.6. The summed E-state index contributed by atoms with van der Waals surface area (Å²) < 4.78 is 79.1. The molecule has 1 aromatic rings. The van der Waals surface area contributed by atoms with E-state index in [1.165, 1.54) is 6.07 Å². The lowest BCUT2D eigenvalue weighted by molar-refractivity contribution is -0.376. The molecular formula is C18H24F6N2O. The van der Waals surface area contributed by atoms with Gasteiger partial charge in [-0.15, -0.1) is 0 Å². The van der Waals surface area contributed by atoms with E-state index in [4.69, 9.17) is 0 Å². The van der Waals surface area contributed by atoms with E-state index >= 15 is 0 Å². The molecule has 1 saturated heterocycles. The van der Waals surface area contributed by atoms with Crippen LogP contribution in [0.15, 0.2) is 18.2 Å². The standard InChI is InChI=1S/C18H24F6N2O/c1-4-5-13-8-14(16(27,17(19,20)21)18(22,23)24)6-7-15(13)26-10-11(2)25-9-12(26)3/h6-8,11-12,25,27H,4-5,9-10H2,1-3H3/t11-,12+/m0/s1. The van der Waals surface area contributed by atoms with Crippen LogP contribution in [0.2, 0.25) is 0 Å². The second kappa shape index (κ2) is 7.50. The molecule has 1 heterocycles. The molecule has 3 nitrogen and oxygen atoms in total. The molecule has 0 unspecified atom stereocenters. The van der Waals surface area contributed by atoms with Gasteiger partial charge in [-0.05, 0) is 31.9 Å². The number of hydrogen-bond donors (Lipinski definition) is 2. The maximum absolute atomic E-state index is 13.2. The van der Waals surface area contributed by atoms with Crippen molar-refractivity contribution in [2.75, 3.05) is 18.0 Å². The topological polar surface area (TPSA) is 35.5 Å². The van der Waals surface area contributed by atoms with Crippen molar-refractivity contribution in [1.29, 1.82) is 0 Å². The van der Waals surface area contributed by atoms with Crippen molar-refractivity contribution >= 4 is 5.69 Å². The first kappa shape index (κ1) is 21.8. The Kier molecular flexibility index (Phi) is 6.06. The van der Waals surface area contributed by atoms with Crippen molar-refractivity contribution in [3.63, 3.8) is 0 Å². The Bertz CT molecular complexity index is 644. The fraction of sp³-hybridized carbons (Fsp3) is 0.667. The number of alkyl halides is 6. The van der Waals surface area contributed by atoms with Crippen molar-refractivity contribution in [3.8, 4) is 0 Å². The third-order valence-corrected chi connectivity index (χ3v) is 4.91. The number of rotatable bonds is 4. The van der Waals surface area contributed by atoms with Crippen LogP contribution in [0.3, 0.4) is 0 Å². The largest absolute Gasteiger partial charge is 0.430 e. The molecule has 1 fully saturated rings. The number of nitrogens with zero attached hydrogens (tertiary/aromatic N) is 1. The van der Waals surface area contributed by atoms with Gasteiger partial charge in [0.2, 0.25) is 0 Å². The van der Waals surface area contributed by atoms with E-state index < -0.39 is 23.5 Å². The molecule has 0 bridgehead atoms. The van der Waals surface area contributed by atoms with Crippen LogP contribution in [-0.4, -0.2) is 42.6 Å². The summed E-state index contributed by atoms with van der Waals surface area (Å²) >= 11 is 0. The van der Waals surface area contributed by atoms with Gasteiger partial charge in [0.25, 0.3) is 5.60 Å². The highest BCUT2D eigenvalue weighted by atomic mass is 19.4. The predicted octanol–water partition coefficient (Wildman–Crippen LogP) is 4.14. The molecule has 2 atom stereocenters. The number of halogens is 6. The second-order valence-corrected chi connectivity index (χ2v) is 7.11. The Morgan fingerprint density at radius 3 is 2.22 bits per heavy atom. The number of benzene rings is 1. The van der Waals surface area contributed by atoms with Crippen LogP contribution in [-0.2, 0) is 12.0 Å². The summed E-state index contributed by atoms with van der Waals surface area (Å²) in [6.45, 7) is 6.92. The SMILES string of the molecule is CCCc1cc(C(O)(C(F)(F)F)C(F)(F)F)ccc1N1C[C@H](C)NC[C@H]1C. The number of piperazine rings is 1. The first-order valence-electron chi connectivity index (χ1n) is 8.82. The summed E-state index contributed by atoms with van der Waals surface area (Å²) in [4.78, 5) is 1.98. The molecule has 0 aliphatic carbocycles. The van der Waals surface area contributed by atoms with E-state index in [0.717, 1.165) is 12.1 Å². The van der Waals surface area contributed by atoms with Crippen LogP contribution in [0, 0.1) is 0 Å². The first-order chi connectivity index (χ1) is 12.3. The van der Waals surface area contributed by atoms with Crippen molar-refractivity contribution in [3.05, 3.63) is 29.3 Å². The number of hydrogen-bond acceptors (Lipinski definition) is 3. The molecule has 154 valence electrons. The fourth-order valence-electron chi connectivity index (χ4n) is 3.41. The van der Waals surface area contributed by atoms with Gasteiger partial charge in [0.1, 0.15) is 0 Å². The smallest absolute Gasteiger partial charge is 0.369 e. The molecular weight excluding hydrogens is 374 g/mol. The lowest BCUT2D eigenvalue weighted by atomic mass is 9.89. The summed E-state index contributed by atoms with van der Waals surface area (Å²) in [6.07, 6.45) is -10.9. The maximum Gasteiger partial charge on any atom is 0.430 e. The van der Waals surface area contributed by atoms with Gasteiger partial charge in [0, 0.05) is 36.4 Å². The lowest BCUT2D eigenvalue weighted by Crippen LogP contribution is -2.55. The van der Waals surface area contributed by atoms with Gasteiger partial charge in [-0.2, -0.15) is 26.3 Å². The van der Waals surface area contributed by atoms with Gasteiger partial charge in [-0.3, -0.25) is 0 Å². The average Bonchev–Trinajstić information content (AvgIpc) is 2.54. The third-order valence-electron chi connectivity index (χ3n) is 4.91. The Balaban J connectivity index is 2.57. The summed E-state index contributed by atoms with van der Waals surface area (Å²) in [5, 5.41) is 12.9. The summed E-state index contributed by atoms with van der Waals surface area (Å²) in [5.74, 6) is 0. The number of aliphatic hydroxyl groups is 1. The zero-order valence-corrected chi connectivity index (χ0v) is 15.4. The van der Waals surface area contributed by atoms with Crippen molar-refractivity contribution in [2.24, 2.45) is 0 Å². The lowest BCUT2D eigenvalue weighted by Gasteiger charge is -2.41. The molecule has 0 spiro atoms. The molecule has 9 heteroatoms. The third kappa shape index (κ3) is 4.03. The molecule has 1 aliphatic heterocycles. The van der Waals surface area contributed by atoms with Crippen LogP contribution in [0.25, 0.3) is 0 Å². The highest BCUT2D eigenvalue weighted by molar-refractivity contribution is 5.57. The van der Waals surface area contributed by atoms with E-state index in [0.29, 0.717) is 37.2 Å². The minimum Gasteiger partial charge on any atom is -0.369 e. The first-order valence-corrected chi connectivity index (χ1v) is 8.82. The van der Waals surface area contributed by atoms with Crippen LogP contribution in [0.1, 0.15) is 38.3 Å². The van der Waals surface area contributed by atoms with Gasteiger partial charge in [-0.1, -0.05) is 25.5 Å². The van der Waals surface area contributed by atoms with E-state index in [9.17, 15) is 31.4 Å². The summed E-state index contributed by atoms with van der Waals surface area (Å²) in [6, 6.07) is 3.01. The highest BCUT2D eigenvalue weighted by Crippen LogP contribution is 2.50. The average molecular weight is 398 g/mol.